The second-order valence-electron chi connectivity index (χ2n) is 8.32. The molecule has 2 aromatic carbocycles. The molecule has 0 aromatic heterocycles. The second-order valence-corrected chi connectivity index (χ2v) is 8.32. The molecular formula is C26H36O5. The predicted octanol–water partition coefficient (Wildman–Crippen LogP) is 5.03. The fourth-order valence-electron chi connectivity index (χ4n) is 2.86. The van der Waals surface area contributed by atoms with E-state index in [1.165, 1.54) is 7.11 Å². The van der Waals surface area contributed by atoms with E-state index in [-0.39, 0.29) is 12.8 Å². The molecule has 0 bridgehead atoms. The summed E-state index contributed by atoms with van der Waals surface area (Å²) in [6.07, 6.45) is -0.0715. The molecule has 0 saturated heterocycles. The maximum atomic E-state index is 12.8. The Kier molecular flexibility index (Phi) is 11.8. The van der Waals surface area contributed by atoms with Crippen molar-refractivity contribution in [2.45, 2.75) is 46.1 Å². The van der Waals surface area contributed by atoms with Crippen LogP contribution in [0.15, 0.2) is 60.7 Å². The molecule has 0 saturated carbocycles. The Balaban J connectivity index is 0.000000452. The number of Topliss-reactive ketones (excluding diaryl/α,β-unsaturated/α-hetero) is 1. The minimum absolute atomic E-state index is 0.0303. The van der Waals surface area contributed by atoms with E-state index < -0.39 is 17.4 Å². The first-order valence-corrected chi connectivity index (χ1v) is 10.7. The Morgan fingerprint density at radius 1 is 0.871 bits per heavy atom. The second kappa shape index (κ2) is 13.7. The highest BCUT2D eigenvalue weighted by Crippen LogP contribution is 2.30. The van der Waals surface area contributed by atoms with Crippen LogP contribution in [0.5, 0.6) is 0 Å². The molecule has 5 nitrogen and oxygen atoms in total. The average Bonchev–Trinajstić information content (AvgIpc) is 2.77. The normalized spacial score (nSPS) is 12.6. The predicted molar refractivity (Wildman–Crippen MR) is 123 cm³/mol. The maximum Gasteiger partial charge on any atom is 0.305 e. The van der Waals surface area contributed by atoms with E-state index in [4.69, 9.17) is 4.74 Å². The van der Waals surface area contributed by atoms with Gasteiger partial charge in [0.1, 0.15) is 0 Å². The van der Waals surface area contributed by atoms with Gasteiger partial charge >= 0.3 is 5.97 Å². The van der Waals surface area contributed by atoms with E-state index in [1.807, 2.05) is 0 Å². The van der Waals surface area contributed by atoms with Crippen LogP contribution in [0.3, 0.4) is 0 Å². The van der Waals surface area contributed by atoms with E-state index >= 15 is 0 Å². The number of ketones is 1. The highest BCUT2D eigenvalue weighted by Gasteiger charge is 2.38. The lowest BCUT2D eigenvalue weighted by atomic mass is 9.82. The number of ether oxygens (including phenoxy) is 2. The van der Waals surface area contributed by atoms with Crippen LogP contribution in [0.2, 0.25) is 0 Å². The van der Waals surface area contributed by atoms with E-state index in [1.54, 1.807) is 60.7 Å². The van der Waals surface area contributed by atoms with Gasteiger partial charge in [0.2, 0.25) is 0 Å². The van der Waals surface area contributed by atoms with Crippen molar-refractivity contribution >= 4 is 11.8 Å². The van der Waals surface area contributed by atoms with Crippen LogP contribution in [0.25, 0.3) is 0 Å². The molecular weight excluding hydrogens is 392 g/mol. The SMILES string of the molecule is CC(C)COCC(C)C.COC(=O)CCC(O)(C(=O)c1ccccc1)c1ccccc1. The quantitative estimate of drug-likeness (QED) is 0.425. The molecule has 2 aromatic rings. The van der Waals surface area contributed by atoms with Crippen LogP contribution in [0.4, 0.5) is 0 Å². The van der Waals surface area contributed by atoms with Gasteiger partial charge in [0.15, 0.2) is 11.4 Å². The number of methoxy groups -OCH3 is 1. The lowest BCUT2D eigenvalue weighted by molar-refractivity contribution is -0.141. The van der Waals surface area contributed by atoms with Crippen molar-refractivity contribution in [3.63, 3.8) is 0 Å². The summed E-state index contributed by atoms with van der Waals surface area (Å²) in [6, 6.07) is 17.2. The van der Waals surface area contributed by atoms with Gasteiger partial charge in [-0.05, 0) is 23.8 Å². The number of esters is 1. The van der Waals surface area contributed by atoms with Gasteiger partial charge in [-0.2, -0.15) is 0 Å². The minimum atomic E-state index is -1.75. The van der Waals surface area contributed by atoms with Gasteiger partial charge in [0.25, 0.3) is 0 Å². The standard InChI is InChI=1S/C18H18O4.C8H18O/c1-22-16(19)12-13-18(21,15-10-6-3-7-11-15)17(20)14-8-4-2-5-9-14;1-7(2)5-9-6-8(3)4/h2-11,21H,12-13H2,1H3;7-8H,5-6H2,1-4H3. The molecule has 0 amide bonds. The summed E-state index contributed by atoms with van der Waals surface area (Å²) in [5.41, 5.74) is -0.886. The number of hydrogen-bond acceptors (Lipinski definition) is 5. The third-order valence-corrected chi connectivity index (χ3v) is 4.48. The fraction of sp³-hybridized carbons (Fsp3) is 0.462. The molecule has 0 radical (unpaired) electrons. The van der Waals surface area contributed by atoms with Gasteiger partial charge in [0.05, 0.1) is 7.11 Å². The molecule has 5 heteroatoms. The van der Waals surface area contributed by atoms with E-state index in [2.05, 4.69) is 32.4 Å². The van der Waals surface area contributed by atoms with E-state index in [0.717, 1.165) is 13.2 Å². The Labute approximate surface area is 186 Å². The first-order valence-electron chi connectivity index (χ1n) is 10.7. The zero-order valence-corrected chi connectivity index (χ0v) is 19.3. The molecule has 1 N–H and O–H groups in total. The summed E-state index contributed by atoms with van der Waals surface area (Å²) in [4.78, 5) is 24.2. The van der Waals surface area contributed by atoms with Crippen LogP contribution in [0, 0.1) is 11.8 Å². The molecule has 0 aliphatic carbocycles. The zero-order chi connectivity index (χ0) is 23.3. The Hall–Kier alpha value is -2.50. The Morgan fingerprint density at radius 2 is 1.35 bits per heavy atom. The molecule has 0 fully saturated rings. The van der Waals surface area contributed by atoms with Crippen molar-refractivity contribution < 1.29 is 24.2 Å². The number of benzene rings is 2. The molecule has 1 unspecified atom stereocenters. The highest BCUT2D eigenvalue weighted by atomic mass is 16.5. The number of carbonyl (C=O) groups is 2. The number of rotatable bonds is 10. The van der Waals surface area contributed by atoms with Gasteiger partial charge in [-0.15, -0.1) is 0 Å². The van der Waals surface area contributed by atoms with Gasteiger partial charge in [0, 0.05) is 25.2 Å². The van der Waals surface area contributed by atoms with Crippen LogP contribution in [-0.4, -0.2) is 37.2 Å². The van der Waals surface area contributed by atoms with Crippen molar-refractivity contribution in [2.24, 2.45) is 11.8 Å². The summed E-state index contributed by atoms with van der Waals surface area (Å²) in [5.74, 6) is 0.450. The molecule has 1 atom stereocenters. The summed E-state index contributed by atoms with van der Waals surface area (Å²) in [5, 5.41) is 11.0. The van der Waals surface area contributed by atoms with Gasteiger partial charge in [-0.1, -0.05) is 88.4 Å². The Morgan fingerprint density at radius 3 is 1.81 bits per heavy atom. The van der Waals surface area contributed by atoms with Crippen LogP contribution in [0.1, 0.15) is 56.5 Å². The van der Waals surface area contributed by atoms with E-state index in [0.29, 0.717) is 23.0 Å². The van der Waals surface area contributed by atoms with Crippen molar-refractivity contribution in [1.29, 1.82) is 0 Å². The first kappa shape index (κ1) is 26.5. The molecule has 2 rings (SSSR count). The minimum Gasteiger partial charge on any atom is -0.469 e. The maximum absolute atomic E-state index is 12.8. The number of hydrogen-bond donors (Lipinski definition) is 1. The smallest absolute Gasteiger partial charge is 0.305 e. The lowest BCUT2D eigenvalue weighted by Crippen LogP contribution is -2.36. The topological polar surface area (TPSA) is 72.8 Å². The van der Waals surface area contributed by atoms with Crippen molar-refractivity contribution in [3.05, 3.63) is 71.8 Å². The number of carbonyl (C=O) groups excluding carboxylic acids is 2. The van der Waals surface area contributed by atoms with Gasteiger partial charge in [-0.3, -0.25) is 9.59 Å². The van der Waals surface area contributed by atoms with Crippen LogP contribution in [-0.2, 0) is 19.9 Å². The number of aliphatic hydroxyl groups is 1. The molecule has 0 aliphatic rings. The van der Waals surface area contributed by atoms with Crippen LogP contribution < -0.4 is 0 Å². The summed E-state index contributed by atoms with van der Waals surface area (Å²) in [7, 11) is 1.28. The van der Waals surface area contributed by atoms with Gasteiger partial charge < -0.3 is 14.6 Å². The fourth-order valence-corrected chi connectivity index (χ4v) is 2.86. The van der Waals surface area contributed by atoms with Crippen molar-refractivity contribution in [1.82, 2.24) is 0 Å². The third-order valence-electron chi connectivity index (χ3n) is 4.48. The zero-order valence-electron chi connectivity index (χ0n) is 19.3. The monoisotopic (exact) mass is 428 g/mol. The average molecular weight is 429 g/mol. The highest BCUT2D eigenvalue weighted by molar-refractivity contribution is 6.03. The summed E-state index contributed by atoms with van der Waals surface area (Å²) >= 11 is 0. The largest absolute Gasteiger partial charge is 0.469 e. The molecule has 0 heterocycles. The third kappa shape index (κ3) is 9.45. The molecule has 0 spiro atoms. The van der Waals surface area contributed by atoms with Crippen LogP contribution >= 0.6 is 0 Å². The summed E-state index contributed by atoms with van der Waals surface area (Å²) in [6.45, 7) is 10.5. The molecule has 170 valence electrons. The lowest BCUT2D eigenvalue weighted by Gasteiger charge is -2.27. The Bertz CT molecular complexity index is 763. The van der Waals surface area contributed by atoms with Gasteiger partial charge in [-0.25, -0.2) is 0 Å². The first-order chi connectivity index (χ1) is 14.7. The molecule has 31 heavy (non-hydrogen) atoms. The van der Waals surface area contributed by atoms with Crippen molar-refractivity contribution in [2.75, 3.05) is 20.3 Å². The molecule has 0 aliphatic heterocycles. The van der Waals surface area contributed by atoms with Crippen molar-refractivity contribution in [3.8, 4) is 0 Å². The summed E-state index contributed by atoms with van der Waals surface area (Å²) < 4.78 is 9.96. The van der Waals surface area contributed by atoms with E-state index in [9.17, 15) is 14.7 Å².